The molecule has 4 aromatic rings. The third-order valence-electron chi connectivity index (χ3n) is 3.32. The van der Waals surface area contributed by atoms with E-state index in [9.17, 15) is 0 Å². The van der Waals surface area contributed by atoms with Gasteiger partial charge >= 0.3 is 0 Å². The van der Waals surface area contributed by atoms with Crippen LogP contribution in [0, 0.1) is 0 Å². The average molecular weight is 269 g/mol. The molecule has 0 unspecified atom stereocenters. The predicted molar refractivity (Wildman–Crippen MR) is 81.8 cm³/mol. The Morgan fingerprint density at radius 3 is 2.56 bits per heavy atom. The summed E-state index contributed by atoms with van der Waals surface area (Å²) in [6.07, 6.45) is 0. The molecular formula is C16H9ClS. The molecule has 0 radical (unpaired) electrons. The molecule has 0 nitrogen and oxygen atoms in total. The van der Waals surface area contributed by atoms with Crippen molar-refractivity contribution >= 4 is 53.9 Å². The van der Waals surface area contributed by atoms with Crippen molar-refractivity contribution in [2.45, 2.75) is 0 Å². The Kier molecular flexibility index (Phi) is 2.14. The van der Waals surface area contributed by atoms with E-state index in [-0.39, 0.29) is 0 Å². The van der Waals surface area contributed by atoms with Crippen LogP contribution in [0.15, 0.2) is 54.6 Å². The van der Waals surface area contributed by atoms with Crippen molar-refractivity contribution in [3.63, 3.8) is 0 Å². The van der Waals surface area contributed by atoms with E-state index in [1.165, 1.54) is 30.9 Å². The lowest BCUT2D eigenvalue weighted by Gasteiger charge is -2.01. The zero-order valence-electron chi connectivity index (χ0n) is 9.48. The first kappa shape index (κ1) is 10.4. The lowest BCUT2D eigenvalue weighted by atomic mass is 10.0. The fourth-order valence-electron chi connectivity index (χ4n) is 2.52. The Morgan fingerprint density at radius 1 is 0.778 bits per heavy atom. The predicted octanol–water partition coefficient (Wildman–Crippen LogP) is 5.86. The summed E-state index contributed by atoms with van der Waals surface area (Å²) < 4.78 is 2.66. The highest BCUT2D eigenvalue weighted by Gasteiger charge is 2.08. The first-order chi connectivity index (χ1) is 8.83. The number of rotatable bonds is 0. The van der Waals surface area contributed by atoms with Crippen LogP contribution in [0.4, 0.5) is 0 Å². The van der Waals surface area contributed by atoms with Crippen LogP contribution in [0.25, 0.3) is 30.9 Å². The van der Waals surface area contributed by atoms with Gasteiger partial charge in [-0.1, -0.05) is 41.9 Å². The molecule has 0 saturated heterocycles. The van der Waals surface area contributed by atoms with Gasteiger partial charge in [0.2, 0.25) is 0 Å². The highest BCUT2D eigenvalue weighted by atomic mass is 35.5. The van der Waals surface area contributed by atoms with E-state index in [1.54, 1.807) is 0 Å². The van der Waals surface area contributed by atoms with Crippen LogP contribution in [0.2, 0.25) is 5.02 Å². The second kappa shape index (κ2) is 3.71. The summed E-state index contributed by atoms with van der Waals surface area (Å²) in [5.41, 5.74) is 0. The van der Waals surface area contributed by atoms with Crippen LogP contribution >= 0.6 is 22.9 Å². The first-order valence-corrected chi connectivity index (χ1v) is 7.02. The van der Waals surface area contributed by atoms with Crippen LogP contribution in [0.3, 0.4) is 0 Å². The van der Waals surface area contributed by atoms with Crippen LogP contribution in [0.5, 0.6) is 0 Å². The summed E-state index contributed by atoms with van der Waals surface area (Å²) in [7, 11) is 0. The number of halogens is 1. The molecule has 0 amide bonds. The smallest absolute Gasteiger partial charge is 0.0412 e. The van der Waals surface area contributed by atoms with Crippen LogP contribution in [-0.4, -0.2) is 0 Å². The Balaban J connectivity index is 2.35. The number of fused-ring (bicyclic) bond motifs is 5. The molecule has 0 spiro atoms. The standard InChI is InChI=1S/C16H9ClS/c17-11-7-5-10-6-8-15-16(13(10)9-11)12-3-1-2-4-14(12)18-15/h1-9H. The molecule has 18 heavy (non-hydrogen) atoms. The van der Waals surface area contributed by atoms with Gasteiger partial charge in [0, 0.05) is 25.2 Å². The summed E-state index contributed by atoms with van der Waals surface area (Å²) in [5.74, 6) is 0. The van der Waals surface area contributed by atoms with E-state index in [0.29, 0.717) is 0 Å². The van der Waals surface area contributed by atoms with E-state index in [2.05, 4.69) is 48.5 Å². The van der Waals surface area contributed by atoms with E-state index >= 15 is 0 Å². The molecule has 4 rings (SSSR count). The van der Waals surface area contributed by atoms with Crippen molar-refractivity contribution < 1.29 is 0 Å². The molecule has 86 valence electrons. The van der Waals surface area contributed by atoms with Gasteiger partial charge in [0.25, 0.3) is 0 Å². The molecule has 0 aliphatic carbocycles. The van der Waals surface area contributed by atoms with Gasteiger partial charge in [-0.15, -0.1) is 11.3 Å². The molecule has 1 heterocycles. The second-order valence-electron chi connectivity index (χ2n) is 4.40. The van der Waals surface area contributed by atoms with Crippen molar-refractivity contribution in [1.82, 2.24) is 0 Å². The topological polar surface area (TPSA) is 0 Å². The maximum Gasteiger partial charge on any atom is 0.0412 e. The molecule has 0 bridgehead atoms. The van der Waals surface area contributed by atoms with Crippen molar-refractivity contribution in [2.24, 2.45) is 0 Å². The number of benzene rings is 3. The molecule has 3 aromatic carbocycles. The van der Waals surface area contributed by atoms with Gasteiger partial charge < -0.3 is 0 Å². The largest absolute Gasteiger partial charge is 0.135 e. The van der Waals surface area contributed by atoms with Crippen LogP contribution in [0.1, 0.15) is 0 Å². The van der Waals surface area contributed by atoms with Gasteiger partial charge in [0.15, 0.2) is 0 Å². The van der Waals surface area contributed by atoms with Gasteiger partial charge in [-0.3, -0.25) is 0 Å². The quantitative estimate of drug-likeness (QED) is 0.375. The van der Waals surface area contributed by atoms with Gasteiger partial charge in [-0.05, 0) is 35.0 Å². The molecule has 0 aliphatic heterocycles. The molecule has 2 heteroatoms. The maximum atomic E-state index is 6.14. The zero-order valence-corrected chi connectivity index (χ0v) is 11.1. The van der Waals surface area contributed by atoms with Gasteiger partial charge in [0.1, 0.15) is 0 Å². The molecule has 0 N–H and O–H groups in total. The van der Waals surface area contributed by atoms with Gasteiger partial charge in [-0.25, -0.2) is 0 Å². The van der Waals surface area contributed by atoms with Crippen molar-refractivity contribution in [2.75, 3.05) is 0 Å². The van der Waals surface area contributed by atoms with E-state index < -0.39 is 0 Å². The number of hydrogen-bond donors (Lipinski definition) is 0. The van der Waals surface area contributed by atoms with Crippen LogP contribution in [-0.2, 0) is 0 Å². The minimum absolute atomic E-state index is 0.797. The third kappa shape index (κ3) is 1.38. The monoisotopic (exact) mass is 268 g/mol. The maximum absolute atomic E-state index is 6.14. The Hall–Kier alpha value is -1.57. The molecule has 0 aliphatic rings. The van der Waals surface area contributed by atoms with Crippen molar-refractivity contribution in [3.8, 4) is 0 Å². The lowest BCUT2D eigenvalue weighted by Crippen LogP contribution is -1.74. The summed E-state index contributed by atoms with van der Waals surface area (Å²) in [5, 5.41) is 5.94. The fraction of sp³-hybridized carbons (Fsp3) is 0. The van der Waals surface area contributed by atoms with Gasteiger partial charge in [0.05, 0.1) is 0 Å². The summed E-state index contributed by atoms with van der Waals surface area (Å²) in [4.78, 5) is 0. The molecule has 0 saturated carbocycles. The minimum atomic E-state index is 0.797. The Bertz CT molecular complexity index is 889. The van der Waals surface area contributed by atoms with E-state index in [1.807, 2.05) is 17.4 Å². The molecule has 1 aromatic heterocycles. The number of hydrogen-bond acceptors (Lipinski definition) is 1. The highest BCUT2D eigenvalue weighted by Crippen LogP contribution is 2.38. The SMILES string of the molecule is Clc1ccc2ccc3sc4ccccc4c3c2c1. The first-order valence-electron chi connectivity index (χ1n) is 5.82. The fourth-order valence-corrected chi connectivity index (χ4v) is 3.81. The van der Waals surface area contributed by atoms with E-state index in [0.717, 1.165) is 5.02 Å². The summed E-state index contributed by atoms with van der Waals surface area (Å²) >= 11 is 7.98. The Labute approximate surface area is 113 Å². The number of thiophene rings is 1. The summed E-state index contributed by atoms with van der Waals surface area (Å²) in [6, 6.07) is 19.0. The average Bonchev–Trinajstić information content (AvgIpc) is 2.77. The van der Waals surface area contributed by atoms with Crippen molar-refractivity contribution in [3.05, 3.63) is 59.6 Å². The van der Waals surface area contributed by atoms with Gasteiger partial charge in [-0.2, -0.15) is 0 Å². The normalized spacial score (nSPS) is 11.6. The highest BCUT2D eigenvalue weighted by molar-refractivity contribution is 7.26. The summed E-state index contributed by atoms with van der Waals surface area (Å²) in [6.45, 7) is 0. The lowest BCUT2D eigenvalue weighted by molar-refractivity contribution is 1.81. The third-order valence-corrected chi connectivity index (χ3v) is 4.69. The molecule has 0 fully saturated rings. The van der Waals surface area contributed by atoms with E-state index in [4.69, 9.17) is 11.6 Å². The van der Waals surface area contributed by atoms with Crippen LogP contribution < -0.4 is 0 Å². The minimum Gasteiger partial charge on any atom is -0.135 e. The molecule has 0 atom stereocenters. The second-order valence-corrected chi connectivity index (χ2v) is 5.92. The zero-order chi connectivity index (χ0) is 12.1. The molecular weight excluding hydrogens is 260 g/mol. The van der Waals surface area contributed by atoms with Crippen molar-refractivity contribution in [1.29, 1.82) is 0 Å². The Morgan fingerprint density at radius 2 is 1.61 bits per heavy atom.